The fourth-order valence-corrected chi connectivity index (χ4v) is 2.09. The summed E-state index contributed by atoms with van der Waals surface area (Å²) in [5, 5.41) is 3.18. The Bertz CT molecular complexity index is 396. The molecule has 0 bridgehead atoms. The highest BCUT2D eigenvalue weighted by Crippen LogP contribution is 2.21. The van der Waals surface area contributed by atoms with Crippen LogP contribution >= 0.6 is 0 Å². The number of hydrogen-bond acceptors (Lipinski definition) is 2. The van der Waals surface area contributed by atoms with Crippen LogP contribution in [0.2, 0.25) is 0 Å². The lowest BCUT2D eigenvalue weighted by Gasteiger charge is -2.18. The van der Waals surface area contributed by atoms with Gasteiger partial charge >= 0.3 is 0 Å². The Morgan fingerprint density at radius 1 is 1.25 bits per heavy atom. The maximum atomic E-state index is 3.18. The van der Waals surface area contributed by atoms with Crippen molar-refractivity contribution in [3.63, 3.8) is 0 Å². The largest absolute Gasteiger partial charge is 0.318 e. The normalized spacial score (nSPS) is 11.2. The van der Waals surface area contributed by atoms with Gasteiger partial charge in [0, 0.05) is 19.6 Å². The lowest BCUT2D eigenvalue weighted by molar-refractivity contribution is 0.343. The molecule has 0 atom stereocenters. The van der Waals surface area contributed by atoms with Crippen molar-refractivity contribution in [1.29, 1.82) is 0 Å². The summed E-state index contributed by atoms with van der Waals surface area (Å²) in [6.45, 7) is 13.6. The van der Waals surface area contributed by atoms with E-state index in [9.17, 15) is 0 Å². The third-order valence-corrected chi connectivity index (χ3v) is 3.35. The Kier molecular flexibility index (Phi) is 10.7. The second-order valence-electron chi connectivity index (χ2n) is 4.79. The van der Waals surface area contributed by atoms with Gasteiger partial charge in [-0.05, 0) is 51.1 Å². The third kappa shape index (κ3) is 6.69. The molecule has 1 N–H and O–H groups in total. The van der Waals surface area contributed by atoms with Crippen LogP contribution in [0, 0.1) is 6.92 Å². The summed E-state index contributed by atoms with van der Waals surface area (Å²) in [5.41, 5.74) is 4.20. The van der Waals surface area contributed by atoms with Gasteiger partial charge in [0.15, 0.2) is 0 Å². The van der Waals surface area contributed by atoms with Gasteiger partial charge in [-0.3, -0.25) is 0 Å². The molecule has 0 aliphatic rings. The Hall–Kier alpha value is -1.38. The van der Waals surface area contributed by atoms with Crippen LogP contribution in [0.25, 0.3) is 5.57 Å². The summed E-state index contributed by atoms with van der Waals surface area (Å²) in [6.07, 6.45) is 3.36. The number of hydrogen-bond donors (Lipinski definition) is 1. The van der Waals surface area contributed by atoms with Crippen LogP contribution in [0.15, 0.2) is 43.5 Å². The van der Waals surface area contributed by atoms with E-state index in [0.717, 1.165) is 26.1 Å². The zero-order chi connectivity index (χ0) is 15.4. The number of nitrogens with one attached hydrogen (secondary N) is 1. The number of rotatable bonds is 7. The Morgan fingerprint density at radius 2 is 1.90 bits per heavy atom. The molecule has 0 aliphatic carbocycles. The highest BCUT2D eigenvalue weighted by atomic mass is 15.1. The lowest BCUT2D eigenvalue weighted by atomic mass is 9.98. The van der Waals surface area contributed by atoms with Gasteiger partial charge in [0.25, 0.3) is 0 Å². The van der Waals surface area contributed by atoms with Gasteiger partial charge in [-0.15, -0.1) is 13.2 Å². The van der Waals surface area contributed by atoms with Crippen LogP contribution in [0.3, 0.4) is 0 Å². The van der Waals surface area contributed by atoms with Crippen LogP contribution in [-0.2, 0) is 0 Å². The molecule has 0 fully saturated rings. The monoisotopic (exact) mass is 274 g/mol. The van der Waals surface area contributed by atoms with Gasteiger partial charge in [0.05, 0.1) is 0 Å². The first kappa shape index (κ1) is 18.6. The SMILES string of the molecule is C/C=C(/CCN(C)CCNC)c1ccccc1C.C=C. The summed E-state index contributed by atoms with van der Waals surface area (Å²) in [6, 6.07) is 8.63. The molecule has 2 heteroatoms. The van der Waals surface area contributed by atoms with Gasteiger partial charge in [0.2, 0.25) is 0 Å². The van der Waals surface area contributed by atoms with Crippen molar-refractivity contribution in [3.05, 3.63) is 54.6 Å². The van der Waals surface area contributed by atoms with Crippen molar-refractivity contribution in [1.82, 2.24) is 10.2 Å². The minimum atomic E-state index is 1.05. The molecule has 1 rings (SSSR count). The Balaban J connectivity index is 0.00000172. The highest BCUT2D eigenvalue weighted by molar-refractivity contribution is 5.67. The average Bonchev–Trinajstić information content (AvgIpc) is 2.49. The molecule has 20 heavy (non-hydrogen) atoms. The second kappa shape index (κ2) is 11.4. The van der Waals surface area contributed by atoms with Crippen molar-refractivity contribution < 1.29 is 0 Å². The van der Waals surface area contributed by atoms with E-state index >= 15 is 0 Å². The standard InChI is InChI=1S/C16H26N2.C2H4/c1-5-15(10-12-18(4)13-11-17-3)16-9-7-6-8-14(16)2;1-2/h5-9,17H,10-13H2,1-4H3;1-2H2/b15-5-;. The van der Waals surface area contributed by atoms with Gasteiger partial charge in [-0.25, -0.2) is 0 Å². The van der Waals surface area contributed by atoms with Gasteiger partial charge in [0.1, 0.15) is 0 Å². The van der Waals surface area contributed by atoms with Gasteiger partial charge < -0.3 is 10.2 Å². The van der Waals surface area contributed by atoms with Crippen molar-refractivity contribution in [2.45, 2.75) is 20.3 Å². The molecule has 0 saturated carbocycles. The van der Waals surface area contributed by atoms with E-state index in [4.69, 9.17) is 0 Å². The summed E-state index contributed by atoms with van der Waals surface area (Å²) in [4.78, 5) is 2.37. The van der Waals surface area contributed by atoms with Crippen molar-refractivity contribution >= 4 is 5.57 Å². The molecule has 112 valence electrons. The first-order chi connectivity index (χ1) is 9.69. The van der Waals surface area contributed by atoms with E-state index < -0.39 is 0 Å². The number of aryl methyl sites for hydroxylation is 1. The Labute approximate surface area is 125 Å². The lowest BCUT2D eigenvalue weighted by Crippen LogP contribution is -2.28. The first-order valence-electron chi connectivity index (χ1n) is 7.23. The van der Waals surface area contributed by atoms with Gasteiger partial charge in [-0.1, -0.05) is 30.3 Å². The topological polar surface area (TPSA) is 15.3 Å². The summed E-state index contributed by atoms with van der Waals surface area (Å²) in [7, 11) is 4.18. The molecule has 0 aromatic heterocycles. The predicted octanol–water partition coefficient (Wildman–Crippen LogP) is 3.74. The molecule has 0 saturated heterocycles. The molecule has 0 radical (unpaired) electrons. The van der Waals surface area contributed by atoms with E-state index in [1.54, 1.807) is 0 Å². The van der Waals surface area contributed by atoms with Crippen LogP contribution in [0.5, 0.6) is 0 Å². The molecule has 0 amide bonds. The molecule has 2 nitrogen and oxygen atoms in total. The van der Waals surface area contributed by atoms with Crippen LogP contribution in [0.4, 0.5) is 0 Å². The number of nitrogens with zero attached hydrogens (tertiary/aromatic N) is 1. The minimum absolute atomic E-state index is 1.05. The summed E-state index contributed by atoms with van der Waals surface area (Å²) >= 11 is 0. The summed E-state index contributed by atoms with van der Waals surface area (Å²) in [5.74, 6) is 0. The molecular formula is C18H30N2. The van der Waals surface area contributed by atoms with Gasteiger partial charge in [-0.2, -0.15) is 0 Å². The quantitative estimate of drug-likeness (QED) is 0.762. The maximum Gasteiger partial charge on any atom is 0.0104 e. The predicted molar refractivity (Wildman–Crippen MR) is 92.1 cm³/mol. The first-order valence-corrected chi connectivity index (χ1v) is 7.23. The van der Waals surface area contributed by atoms with Crippen LogP contribution in [-0.4, -0.2) is 38.6 Å². The van der Waals surface area contributed by atoms with E-state index in [-0.39, 0.29) is 0 Å². The third-order valence-electron chi connectivity index (χ3n) is 3.35. The molecule has 1 aromatic carbocycles. The van der Waals surface area contributed by atoms with E-state index in [1.165, 1.54) is 16.7 Å². The van der Waals surface area contributed by atoms with Crippen molar-refractivity contribution in [2.75, 3.05) is 33.7 Å². The average molecular weight is 274 g/mol. The molecule has 0 aliphatic heterocycles. The highest BCUT2D eigenvalue weighted by Gasteiger charge is 2.05. The molecule has 0 spiro atoms. The minimum Gasteiger partial charge on any atom is -0.318 e. The molecule has 1 aromatic rings. The number of allylic oxidation sites excluding steroid dienone is 1. The molecule has 0 unspecified atom stereocenters. The van der Waals surface area contributed by atoms with Crippen LogP contribution < -0.4 is 5.32 Å². The zero-order valence-electron chi connectivity index (χ0n) is 13.6. The van der Waals surface area contributed by atoms with E-state index in [2.05, 4.69) is 74.6 Å². The van der Waals surface area contributed by atoms with E-state index in [0.29, 0.717) is 0 Å². The second-order valence-corrected chi connectivity index (χ2v) is 4.79. The molecular weight excluding hydrogens is 244 g/mol. The van der Waals surface area contributed by atoms with Crippen molar-refractivity contribution in [3.8, 4) is 0 Å². The number of benzene rings is 1. The smallest absolute Gasteiger partial charge is 0.0104 e. The fourth-order valence-electron chi connectivity index (χ4n) is 2.09. The molecule has 0 heterocycles. The zero-order valence-corrected chi connectivity index (χ0v) is 13.6. The van der Waals surface area contributed by atoms with Crippen LogP contribution in [0.1, 0.15) is 24.5 Å². The maximum absolute atomic E-state index is 3.18. The summed E-state index contributed by atoms with van der Waals surface area (Å²) < 4.78 is 0. The Morgan fingerprint density at radius 3 is 2.45 bits per heavy atom. The fraction of sp³-hybridized carbons (Fsp3) is 0.444. The number of likely N-dealkylation sites (N-methyl/N-ethyl adjacent to an activating group) is 2. The van der Waals surface area contributed by atoms with E-state index in [1.807, 2.05) is 7.05 Å². The van der Waals surface area contributed by atoms with Crippen molar-refractivity contribution in [2.24, 2.45) is 0 Å².